The molecule has 0 aliphatic heterocycles. The van der Waals surface area contributed by atoms with Crippen molar-refractivity contribution >= 4 is 27.3 Å². The summed E-state index contributed by atoms with van der Waals surface area (Å²) < 4.78 is 47.1. The van der Waals surface area contributed by atoms with Crippen LogP contribution in [-0.4, -0.2) is 32.7 Å². The lowest BCUT2D eigenvalue weighted by atomic mass is 10.2. The lowest BCUT2D eigenvalue weighted by Crippen LogP contribution is -2.14. The van der Waals surface area contributed by atoms with Gasteiger partial charge in [0.1, 0.15) is 0 Å². The molecule has 0 spiro atoms. The molecule has 1 aromatic carbocycles. The molecule has 0 saturated heterocycles. The maximum absolute atomic E-state index is 12.3. The van der Waals surface area contributed by atoms with Crippen LogP contribution in [0.3, 0.4) is 0 Å². The van der Waals surface area contributed by atoms with Crippen molar-refractivity contribution in [1.29, 1.82) is 0 Å². The van der Waals surface area contributed by atoms with E-state index in [-0.39, 0.29) is 4.90 Å². The molecular weight excluding hydrogens is 292 g/mol. The van der Waals surface area contributed by atoms with Gasteiger partial charge >= 0.3 is 5.76 Å². The van der Waals surface area contributed by atoms with E-state index >= 15 is 0 Å². The van der Waals surface area contributed by atoms with Crippen LogP contribution in [0.1, 0.15) is 6.92 Å². The third-order valence-electron chi connectivity index (χ3n) is 2.52. The first-order chi connectivity index (χ1) is 8.87. The zero-order valence-electron chi connectivity index (χ0n) is 10.8. The van der Waals surface area contributed by atoms with Crippen molar-refractivity contribution in [3.05, 3.63) is 24.3 Å². The summed E-state index contributed by atoms with van der Waals surface area (Å²) in [6.07, 6.45) is 2.03. The Morgan fingerprint density at radius 1 is 1.26 bits per heavy atom. The minimum absolute atomic E-state index is 0.356. The molecule has 7 heteroatoms. The van der Waals surface area contributed by atoms with Crippen molar-refractivity contribution in [2.45, 2.75) is 17.6 Å². The van der Waals surface area contributed by atoms with Crippen molar-refractivity contribution in [3.63, 3.8) is 0 Å². The second kappa shape index (κ2) is 7.09. The largest absolute Gasteiger partial charge is 0.385 e. The number of alkyl halides is 2. The molecule has 0 aliphatic carbocycles. The highest BCUT2D eigenvalue weighted by atomic mass is 32.2. The normalized spacial score (nSPS) is 13.5. The number of halogens is 2. The Bertz CT molecular complexity index is 489. The molecule has 0 saturated carbocycles. The summed E-state index contributed by atoms with van der Waals surface area (Å²) in [5, 5.41) is 3.14. The summed E-state index contributed by atoms with van der Waals surface area (Å²) in [5.74, 6) is -1.89. The molecule has 1 unspecified atom stereocenters. The molecular formula is C12H17F2NO2S2. The number of nitrogens with one attached hydrogen (secondary N) is 1. The number of hydrogen-bond acceptors (Lipinski definition) is 4. The molecule has 0 aliphatic rings. The second-order valence-corrected chi connectivity index (χ2v) is 7.10. The van der Waals surface area contributed by atoms with E-state index in [1.807, 2.05) is 6.26 Å². The van der Waals surface area contributed by atoms with Gasteiger partial charge < -0.3 is 5.32 Å². The van der Waals surface area contributed by atoms with Gasteiger partial charge in [0.25, 0.3) is 0 Å². The third-order valence-corrected chi connectivity index (χ3v) is 4.82. The lowest BCUT2D eigenvalue weighted by molar-refractivity contribution is 0.234. The maximum atomic E-state index is 12.3. The second-order valence-electron chi connectivity index (χ2n) is 4.27. The van der Waals surface area contributed by atoms with Crippen molar-refractivity contribution in [2.24, 2.45) is 5.92 Å². The van der Waals surface area contributed by atoms with Crippen LogP contribution in [0.25, 0.3) is 0 Å². The Hall–Kier alpha value is -0.820. The van der Waals surface area contributed by atoms with Crippen LogP contribution in [0.4, 0.5) is 14.5 Å². The molecule has 1 aromatic rings. The fourth-order valence-corrected chi connectivity index (χ4v) is 2.91. The highest BCUT2D eigenvalue weighted by Gasteiger charge is 2.26. The van der Waals surface area contributed by atoms with Crippen LogP contribution in [0.15, 0.2) is 29.2 Å². The zero-order chi connectivity index (χ0) is 14.5. The number of anilines is 1. The number of sulfone groups is 1. The molecule has 1 atom stereocenters. The highest BCUT2D eigenvalue weighted by Crippen LogP contribution is 2.20. The van der Waals surface area contributed by atoms with Gasteiger partial charge in [-0.25, -0.2) is 8.42 Å². The van der Waals surface area contributed by atoms with Crippen molar-refractivity contribution < 1.29 is 17.2 Å². The number of benzene rings is 1. The molecule has 0 heterocycles. The Morgan fingerprint density at radius 2 is 1.84 bits per heavy atom. The van der Waals surface area contributed by atoms with Crippen LogP contribution < -0.4 is 5.32 Å². The molecule has 108 valence electrons. The fraction of sp³-hybridized carbons (Fsp3) is 0.500. The first kappa shape index (κ1) is 16.2. The average molecular weight is 309 g/mol. The first-order valence-electron chi connectivity index (χ1n) is 5.73. The molecule has 0 aromatic heterocycles. The standard InChI is InChI=1S/C12H17F2NO2S2/c1-9(8-18-2)7-15-10-3-5-11(6-4-10)19(16,17)12(13)14/h3-6,9,12,15H,7-8H2,1-2H3. The smallest absolute Gasteiger partial charge is 0.341 e. The minimum atomic E-state index is -4.50. The first-order valence-corrected chi connectivity index (χ1v) is 8.67. The summed E-state index contributed by atoms with van der Waals surface area (Å²) in [6, 6.07) is 5.40. The Balaban J connectivity index is 2.67. The fourth-order valence-electron chi connectivity index (χ4n) is 1.50. The van der Waals surface area contributed by atoms with E-state index in [1.165, 1.54) is 24.3 Å². The van der Waals surface area contributed by atoms with E-state index in [4.69, 9.17) is 0 Å². The monoisotopic (exact) mass is 309 g/mol. The van der Waals surface area contributed by atoms with Crippen molar-refractivity contribution in [3.8, 4) is 0 Å². The molecule has 0 radical (unpaired) electrons. The third kappa shape index (κ3) is 4.65. The van der Waals surface area contributed by atoms with E-state index < -0.39 is 15.6 Å². The van der Waals surface area contributed by atoms with Crippen LogP contribution in [0.2, 0.25) is 0 Å². The summed E-state index contributed by atoms with van der Waals surface area (Å²) in [7, 11) is -4.50. The van der Waals surface area contributed by atoms with Gasteiger partial charge in [-0.3, -0.25) is 0 Å². The zero-order valence-corrected chi connectivity index (χ0v) is 12.4. The van der Waals surface area contributed by atoms with Gasteiger partial charge in [-0.05, 0) is 42.2 Å². The Morgan fingerprint density at radius 3 is 2.32 bits per heavy atom. The number of thioether (sulfide) groups is 1. The molecule has 3 nitrogen and oxygen atoms in total. The number of hydrogen-bond donors (Lipinski definition) is 1. The molecule has 1 N–H and O–H groups in total. The summed E-state index contributed by atoms with van der Waals surface area (Å²) in [4.78, 5) is -0.356. The Kier molecular flexibility index (Phi) is 6.06. The van der Waals surface area contributed by atoms with E-state index in [0.717, 1.165) is 18.0 Å². The summed E-state index contributed by atoms with van der Waals surface area (Å²) in [6.45, 7) is 2.85. The topological polar surface area (TPSA) is 46.2 Å². The van der Waals surface area contributed by atoms with Crippen LogP contribution in [0, 0.1) is 5.92 Å². The quantitative estimate of drug-likeness (QED) is 0.841. The predicted molar refractivity (Wildman–Crippen MR) is 75.7 cm³/mol. The van der Waals surface area contributed by atoms with Gasteiger partial charge in [-0.1, -0.05) is 6.92 Å². The summed E-state index contributed by atoms with van der Waals surface area (Å²) in [5.41, 5.74) is 0.723. The minimum Gasteiger partial charge on any atom is -0.385 e. The van der Waals surface area contributed by atoms with Crippen molar-refractivity contribution in [1.82, 2.24) is 0 Å². The highest BCUT2D eigenvalue weighted by molar-refractivity contribution is 7.98. The van der Waals surface area contributed by atoms with Crippen LogP contribution >= 0.6 is 11.8 Å². The average Bonchev–Trinajstić information content (AvgIpc) is 2.37. The molecule has 0 fully saturated rings. The molecule has 0 amide bonds. The van der Waals surface area contributed by atoms with Crippen LogP contribution in [-0.2, 0) is 9.84 Å². The predicted octanol–water partition coefficient (Wildman–Crippen LogP) is 3.09. The maximum Gasteiger partial charge on any atom is 0.341 e. The van der Waals surface area contributed by atoms with Gasteiger partial charge in [-0.15, -0.1) is 0 Å². The number of rotatable bonds is 7. The lowest BCUT2D eigenvalue weighted by Gasteiger charge is -2.12. The van der Waals surface area contributed by atoms with Gasteiger partial charge in [0.2, 0.25) is 9.84 Å². The van der Waals surface area contributed by atoms with E-state index in [2.05, 4.69) is 12.2 Å². The summed E-state index contributed by atoms with van der Waals surface area (Å²) >= 11 is 1.75. The van der Waals surface area contributed by atoms with Crippen molar-refractivity contribution in [2.75, 3.05) is 23.9 Å². The molecule has 1 rings (SSSR count). The molecule has 19 heavy (non-hydrogen) atoms. The SMILES string of the molecule is CSCC(C)CNc1ccc(S(=O)(=O)C(F)F)cc1. The van der Waals surface area contributed by atoms with E-state index in [1.54, 1.807) is 11.8 Å². The van der Waals surface area contributed by atoms with E-state index in [0.29, 0.717) is 5.92 Å². The van der Waals surface area contributed by atoms with Gasteiger partial charge in [0.15, 0.2) is 0 Å². The molecule has 0 bridgehead atoms. The Labute approximate surface area is 116 Å². The van der Waals surface area contributed by atoms with E-state index in [9.17, 15) is 17.2 Å². The van der Waals surface area contributed by atoms with Gasteiger partial charge in [0.05, 0.1) is 4.90 Å². The van der Waals surface area contributed by atoms with Gasteiger partial charge in [0, 0.05) is 12.2 Å². The van der Waals surface area contributed by atoms with Gasteiger partial charge in [-0.2, -0.15) is 20.5 Å². The van der Waals surface area contributed by atoms with Crippen LogP contribution in [0.5, 0.6) is 0 Å².